The molecule has 2 N–H and O–H groups in total. The van der Waals surface area contributed by atoms with Crippen LogP contribution in [0.2, 0.25) is 5.02 Å². The van der Waals surface area contributed by atoms with Gasteiger partial charge < -0.3 is 14.8 Å². The Morgan fingerprint density at radius 3 is 2.56 bits per heavy atom. The van der Waals surface area contributed by atoms with Crippen LogP contribution in [-0.4, -0.2) is 28.9 Å². The number of aromatic amines is 1. The summed E-state index contributed by atoms with van der Waals surface area (Å²) in [5.74, 6) is -2.22. The Bertz CT molecular complexity index is 1480. The van der Waals surface area contributed by atoms with Crippen molar-refractivity contribution in [3.63, 3.8) is 0 Å². The van der Waals surface area contributed by atoms with Crippen molar-refractivity contribution in [1.82, 2.24) is 4.98 Å². The van der Waals surface area contributed by atoms with Gasteiger partial charge in [0.25, 0.3) is 11.7 Å². The Morgan fingerprint density at radius 1 is 1.09 bits per heavy atom. The number of nitrogens with zero attached hydrogens (tertiary/aromatic N) is 1. The number of hydrogen-bond donors (Lipinski definition) is 2. The Kier molecular flexibility index (Phi) is 5.34. The van der Waals surface area contributed by atoms with Crippen molar-refractivity contribution in [2.45, 2.75) is 6.04 Å². The van der Waals surface area contributed by atoms with Gasteiger partial charge in [0.1, 0.15) is 17.3 Å². The molecule has 170 valence electrons. The third-order valence-corrected chi connectivity index (χ3v) is 6.20. The Hall–Kier alpha value is -4.10. The highest BCUT2D eigenvalue weighted by molar-refractivity contribution is 6.52. The minimum Gasteiger partial charge on any atom is -0.507 e. The van der Waals surface area contributed by atoms with Gasteiger partial charge in [-0.05, 0) is 48.5 Å². The molecule has 1 unspecified atom stereocenters. The number of H-pyrrole nitrogens is 1. The number of ether oxygens (including phenoxy) is 1. The van der Waals surface area contributed by atoms with Crippen LogP contribution in [0.5, 0.6) is 5.75 Å². The van der Waals surface area contributed by atoms with Crippen molar-refractivity contribution in [1.29, 1.82) is 0 Å². The Balaban J connectivity index is 1.77. The molecule has 0 spiro atoms. The van der Waals surface area contributed by atoms with E-state index in [2.05, 4.69) is 4.98 Å². The van der Waals surface area contributed by atoms with Gasteiger partial charge in [-0.3, -0.25) is 14.5 Å². The van der Waals surface area contributed by atoms with Crippen molar-refractivity contribution >= 4 is 45.6 Å². The number of anilines is 1. The second kappa shape index (κ2) is 8.35. The van der Waals surface area contributed by atoms with E-state index >= 15 is 0 Å². The standard InChI is InChI=1S/C26H18ClFN2O4/c1-34-21-12-14(6-11-19(21)27)24(31)22-23(18-13-29-20-5-3-2-4-17(18)20)30(26(33)25(22)32)16-9-7-15(28)8-10-16/h2-13,23,29,31H,1H3/b24-22+. The number of benzene rings is 3. The van der Waals surface area contributed by atoms with Crippen molar-refractivity contribution < 1.29 is 23.8 Å². The van der Waals surface area contributed by atoms with Crippen LogP contribution in [0.4, 0.5) is 10.1 Å². The van der Waals surface area contributed by atoms with Crippen LogP contribution < -0.4 is 9.64 Å². The number of aromatic nitrogens is 1. The number of nitrogens with one attached hydrogen (secondary N) is 1. The summed E-state index contributed by atoms with van der Waals surface area (Å²) in [5, 5.41) is 12.4. The van der Waals surface area contributed by atoms with Gasteiger partial charge in [0, 0.05) is 33.9 Å². The summed E-state index contributed by atoms with van der Waals surface area (Å²) >= 11 is 6.12. The molecular formula is C26H18ClFN2O4. The van der Waals surface area contributed by atoms with Gasteiger partial charge in [0.15, 0.2) is 0 Å². The van der Waals surface area contributed by atoms with Gasteiger partial charge in [0.2, 0.25) is 0 Å². The predicted octanol–water partition coefficient (Wildman–Crippen LogP) is 5.60. The smallest absolute Gasteiger partial charge is 0.300 e. The van der Waals surface area contributed by atoms with E-state index in [-0.39, 0.29) is 16.9 Å². The molecule has 34 heavy (non-hydrogen) atoms. The van der Waals surface area contributed by atoms with E-state index in [1.807, 2.05) is 24.3 Å². The number of carbonyl (C=O) groups is 2. The quantitative estimate of drug-likeness (QED) is 0.228. The molecule has 1 aliphatic heterocycles. The molecule has 0 bridgehead atoms. The lowest BCUT2D eigenvalue weighted by molar-refractivity contribution is -0.132. The summed E-state index contributed by atoms with van der Waals surface area (Å²) < 4.78 is 18.8. The zero-order valence-electron chi connectivity index (χ0n) is 17.9. The molecular weight excluding hydrogens is 459 g/mol. The first-order valence-corrected chi connectivity index (χ1v) is 10.7. The average Bonchev–Trinajstić information content (AvgIpc) is 3.38. The molecule has 1 saturated heterocycles. The molecule has 0 aliphatic carbocycles. The monoisotopic (exact) mass is 476 g/mol. The maximum atomic E-state index is 13.6. The molecule has 4 aromatic rings. The fourth-order valence-electron chi connectivity index (χ4n) is 4.28. The highest BCUT2D eigenvalue weighted by Crippen LogP contribution is 2.44. The molecule has 5 rings (SSSR count). The van der Waals surface area contributed by atoms with E-state index in [0.717, 1.165) is 10.9 Å². The van der Waals surface area contributed by atoms with Crippen LogP contribution in [-0.2, 0) is 9.59 Å². The first-order valence-electron chi connectivity index (χ1n) is 10.4. The molecule has 0 saturated carbocycles. The van der Waals surface area contributed by atoms with Crippen LogP contribution in [0.3, 0.4) is 0 Å². The molecule has 1 aliphatic rings. The van der Waals surface area contributed by atoms with Gasteiger partial charge in [0.05, 0.1) is 23.7 Å². The minimum atomic E-state index is -0.955. The van der Waals surface area contributed by atoms with Gasteiger partial charge in [-0.15, -0.1) is 0 Å². The van der Waals surface area contributed by atoms with Crippen molar-refractivity contribution in [3.8, 4) is 5.75 Å². The van der Waals surface area contributed by atoms with E-state index in [1.54, 1.807) is 6.20 Å². The first-order chi connectivity index (χ1) is 16.4. The molecule has 1 fully saturated rings. The van der Waals surface area contributed by atoms with Crippen LogP contribution in [0.15, 0.2) is 78.5 Å². The molecule has 1 amide bonds. The van der Waals surface area contributed by atoms with Gasteiger partial charge in [-0.1, -0.05) is 29.8 Å². The number of carbonyl (C=O) groups excluding carboxylic acids is 2. The number of rotatable bonds is 4. The number of Topliss-reactive ketones (excluding diaryl/α,β-unsaturated/α-hetero) is 1. The van der Waals surface area contributed by atoms with E-state index in [4.69, 9.17) is 16.3 Å². The van der Waals surface area contributed by atoms with Crippen LogP contribution in [0.1, 0.15) is 17.2 Å². The number of fused-ring (bicyclic) bond motifs is 1. The summed E-state index contributed by atoms with van der Waals surface area (Å²) in [4.78, 5) is 30.9. The number of amides is 1. The fraction of sp³-hybridized carbons (Fsp3) is 0.0769. The zero-order valence-corrected chi connectivity index (χ0v) is 18.6. The number of ketones is 1. The molecule has 6 nitrogen and oxygen atoms in total. The Morgan fingerprint density at radius 2 is 1.82 bits per heavy atom. The van der Waals surface area contributed by atoms with Gasteiger partial charge >= 0.3 is 0 Å². The molecule has 1 atom stereocenters. The zero-order chi connectivity index (χ0) is 24.0. The Labute approximate surface area is 198 Å². The number of halogens is 2. The maximum absolute atomic E-state index is 13.6. The third kappa shape index (κ3) is 3.41. The van der Waals surface area contributed by atoms with Gasteiger partial charge in [-0.25, -0.2) is 4.39 Å². The fourth-order valence-corrected chi connectivity index (χ4v) is 4.47. The SMILES string of the molecule is COc1cc(/C(O)=C2\C(=O)C(=O)N(c3ccc(F)cc3)C2c2c[nH]c3ccccc23)ccc1Cl. The second-order valence-corrected chi connectivity index (χ2v) is 8.19. The average molecular weight is 477 g/mol. The number of methoxy groups -OCH3 is 1. The van der Waals surface area contributed by atoms with Crippen molar-refractivity contribution in [3.05, 3.63) is 100 Å². The molecule has 3 aromatic carbocycles. The largest absolute Gasteiger partial charge is 0.507 e. The lowest BCUT2D eigenvalue weighted by Gasteiger charge is -2.25. The van der Waals surface area contributed by atoms with E-state index in [9.17, 15) is 19.1 Å². The van der Waals surface area contributed by atoms with E-state index in [1.165, 1.54) is 54.5 Å². The summed E-state index contributed by atoms with van der Waals surface area (Å²) in [5.41, 5.74) is 1.91. The van der Waals surface area contributed by atoms with Crippen molar-refractivity contribution in [2.75, 3.05) is 12.0 Å². The summed E-state index contributed by atoms with van der Waals surface area (Å²) in [7, 11) is 1.43. The predicted molar refractivity (Wildman–Crippen MR) is 127 cm³/mol. The topological polar surface area (TPSA) is 82.6 Å². The van der Waals surface area contributed by atoms with Crippen LogP contribution in [0, 0.1) is 5.82 Å². The van der Waals surface area contributed by atoms with Gasteiger partial charge in [-0.2, -0.15) is 0 Å². The summed E-state index contributed by atoms with van der Waals surface area (Å²) in [6.45, 7) is 0. The minimum absolute atomic E-state index is 0.0940. The molecule has 8 heteroatoms. The first kappa shape index (κ1) is 21.7. The second-order valence-electron chi connectivity index (χ2n) is 7.78. The number of aliphatic hydroxyl groups excluding tert-OH is 1. The van der Waals surface area contributed by atoms with E-state index in [0.29, 0.717) is 22.0 Å². The van der Waals surface area contributed by atoms with Crippen LogP contribution in [0.25, 0.3) is 16.7 Å². The molecule has 1 aromatic heterocycles. The van der Waals surface area contributed by atoms with Crippen LogP contribution >= 0.6 is 11.6 Å². The molecule has 0 radical (unpaired) electrons. The number of hydrogen-bond acceptors (Lipinski definition) is 4. The van der Waals surface area contributed by atoms with E-state index < -0.39 is 23.5 Å². The lowest BCUT2D eigenvalue weighted by Crippen LogP contribution is -2.29. The summed E-state index contributed by atoms with van der Waals surface area (Å²) in [6, 6.07) is 16.3. The highest BCUT2D eigenvalue weighted by Gasteiger charge is 2.47. The third-order valence-electron chi connectivity index (χ3n) is 5.89. The lowest BCUT2D eigenvalue weighted by atomic mass is 9.94. The highest BCUT2D eigenvalue weighted by atomic mass is 35.5. The van der Waals surface area contributed by atoms with Crippen molar-refractivity contribution in [2.24, 2.45) is 0 Å². The normalized spacial score (nSPS) is 17.5. The summed E-state index contributed by atoms with van der Waals surface area (Å²) in [6.07, 6.45) is 1.70. The number of para-hydroxylation sites is 1. The maximum Gasteiger partial charge on any atom is 0.300 e. The number of aliphatic hydroxyl groups is 1. The molecule has 2 heterocycles.